The van der Waals surface area contributed by atoms with Gasteiger partial charge in [0.1, 0.15) is 0 Å². The molecule has 16 heavy (non-hydrogen) atoms. The van der Waals surface area contributed by atoms with Crippen LogP contribution >= 0.6 is 0 Å². The summed E-state index contributed by atoms with van der Waals surface area (Å²) in [6.45, 7) is 2.82. The number of allylic oxidation sites excluding steroid dienone is 2. The number of carbonyl (C=O) groups excluding carboxylic acids is 1. The second-order valence-electron chi connectivity index (χ2n) is 4.68. The van der Waals surface area contributed by atoms with Crippen molar-refractivity contribution in [2.45, 2.75) is 64.7 Å². The standard InChI is InChI=1S/C14H24O2/c1-13-9-5-3-2-4-8-12-16-14(15)11-7-6-10-13/h10H,2-9,11-12H2,1H3/b13-10-. The zero-order valence-corrected chi connectivity index (χ0v) is 10.5. The van der Waals surface area contributed by atoms with Gasteiger partial charge in [-0.3, -0.25) is 4.79 Å². The van der Waals surface area contributed by atoms with Crippen LogP contribution in [0.1, 0.15) is 64.7 Å². The number of carbonyl (C=O) groups is 1. The van der Waals surface area contributed by atoms with Gasteiger partial charge in [-0.1, -0.05) is 30.9 Å². The van der Waals surface area contributed by atoms with Crippen LogP contribution in [0.15, 0.2) is 11.6 Å². The third-order valence-corrected chi connectivity index (χ3v) is 3.06. The van der Waals surface area contributed by atoms with Gasteiger partial charge in [0.15, 0.2) is 0 Å². The number of hydrogen-bond donors (Lipinski definition) is 0. The normalized spacial score (nSPS) is 25.1. The minimum Gasteiger partial charge on any atom is -0.466 e. The van der Waals surface area contributed by atoms with Crippen LogP contribution in [-0.2, 0) is 9.53 Å². The number of rotatable bonds is 0. The van der Waals surface area contributed by atoms with Gasteiger partial charge in [-0.05, 0) is 39.0 Å². The van der Waals surface area contributed by atoms with Crippen LogP contribution in [-0.4, -0.2) is 12.6 Å². The zero-order valence-electron chi connectivity index (χ0n) is 10.5. The highest BCUT2D eigenvalue weighted by molar-refractivity contribution is 5.69. The van der Waals surface area contributed by atoms with Gasteiger partial charge in [0.25, 0.3) is 0 Å². The van der Waals surface area contributed by atoms with Gasteiger partial charge in [0.2, 0.25) is 0 Å². The summed E-state index contributed by atoms with van der Waals surface area (Å²) < 4.78 is 5.15. The fourth-order valence-electron chi connectivity index (χ4n) is 1.99. The van der Waals surface area contributed by atoms with Crippen LogP contribution in [0.2, 0.25) is 0 Å². The second kappa shape index (κ2) is 8.37. The Hall–Kier alpha value is -0.790. The van der Waals surface area contributed by atoms with E-state index in [2.05, 4.69) is 13.0 Å². The number of ether oxygens (including phenoxy) is 1. The van der Waals surface area contributed by atoms with E-state index in [-0.39, 0.29) is 5.97 Å². The van der Waals surface area contributed by atoms with E-state index in [9.17, 15) is 4.79 Å². The third-order valence-electron chi connectivity index (χ3n) is 3.06. The Morgan fingerprint density at radius 2 is 1.75 bits per heavy atom. The molecule has 0 unspecified atom stereocenters. The molecule has 0 saturated heterocycles. The lowest BCUT2D eigenvalue weighted by atomic mass is 10.0. The fourth-order valence-corrected chi connectivity index (χ4v) is 1.99. The van der Waals surface area contributed by atoms with Crippen molar-refractivity contribution in [3.63, 3.8) is 0 Å². The molecule has 0 amide bonds. The highest BCUT2D eigenvalue weighted by Crippen LogP contribution is 2.13. The van der Waals surface area contributed by atoms with Crippen LogP contribution in [0.3, 0.4) is 0 Å². The Morgan fingerprint density at radius 1 is 1.00 bits per heavy atom. The van der Waals surface area contributed by atoms with Crippen molar-refractivity contribution in [1.82, 2.24) is 0 Å². The molecule has 0 atom stereocenters. The van der Waals surface area contributed by atoms with Gasteiger partial charge in [-0.15, -0.1) is 0 Å². The number of cyclic esters (lactones) is 1. The Bertz CT molecular complexity index is 231. The molecule has 0 bridgehead atoms. The van der Waals surface area contributed by atoms with Crippen LogP contribution in [0, 0.1) is 0 Å². The predicted molar refractivity (Wildman–Crippen MR) is 66.3 cm³/mol. The van der Waals surface area contributed by atoms with Crippen LogP contribution < -0.4 is 0 Å². The molecule has 1 aliphatic heterocycles. The van der Waals surface area contributed by atoms with Crippen LogP contribution in [0.25, 0.3) is 0 Å². The third kappa shape index (κ3) is 6.65. The van der Waals surface area contributed by atoms with E-state index < -0.39 is 0 Å². The molecule has 1 rings (SSSR count). The monoisotopic (exact) mass is 224 g/mol. The maximum absolute atomic E-state index is 11.3. The lowest BCUT2D eigenvalue weighted by Crippen LogP contribution is -2.05. The van der Waals surface area contributed by atoms with Gasteiger partial charge in [0.05, 0.1) is 6.61 Å². The maximum Gasteiger partial charge on any atom is 0.305 e. The molecule has 0 aliphatic carbocycles. The molecule has 0 fully saturated rings. The first-order valence-electron chi connectivity index (χ1n) is 6.60. The minimum absolute atomic E-state index is 0.0249. The first-order chi connectivity index (χ1) is 7.79. The van der Waals surface area contributed by atoms with Crippen molar-refractivity contribution >= 4 is 5.97 Å². The topological polar surface area (TPSA) is 26.3 Å². The summed E-state index contributed by atoms with van der Waals surface area (Å²) in [6, 6.07) is 0. The highest BCUT2D eigenvalue weighted by Gasteiger charge is 2.02. The first-order valence-corrected chi connectivity index (χ1v) is 6.60. The summed E-state index contributed by atoms with van der Waals surface area (Å²) in [4.78, 5) is 11.3. The minimum atomic E-state index is -0.0249. The highest BCUT2D eigenvalue weighted by atomic mass is 16.5. The first kappa shape index (κ1) is 13.3. The van der Waals surface area contributed by atoms with E-state index in [1.54, 1.807) is 0 Å². The molecule has 0 spiro atoms. The van der Waals surface area contributed by atoms with Crippen molar-refractivity contribution in [2.24, 2.45) is 0 Å². The average molecular weight is 224 g/mol. The summed E-state index contributed by atoms with van der Waals surface area (Å²) in [5.74, 6) is -0.0249. The van der Waals surface area contributed by atoms with Gasteiger partial charge < -0.3 is 4.74 Å². The summed E-state index contributed by atoms with van der Waals surface area (Å²) >= 11 is 0. The fraction of sp³-hybridized carbons (Fsp3) is 0.786. The number of hydrogen-bond acceptors (Lipinski definition) is 2. The molecule has 1 heterocycles. The molecule has 0 N–H and O–H groups in total. The maximum atomic E-state index is 11.3. The Balaban J connectivity index is 2.31. The number of esters is 1. The van der Waals surface area contributed by atoms with Gasteiger partial charge in [0, 0.05) is 6.42 Å². The van der Waals surface area contributed by atoms with E-state index >= 15 is 0 Å². The van der Waals surface area contributed by atoms with Crippen LogP contribution in [0.4, 0.5) is 0 Å². The largest absolute Gasteiger partial charge is 0.466 e. The molecule has 0 radical (unpaired) electrons. The Morgan fingerprint density at radius 3 is 2.62 bits per heavy atom. The molecule has 2 nitrogen and oxygen atoms in total. The molecule has 1 aliphatic rings. The molecule has 0 aromatic heterocycles. The van der Waals surface area contributed by atoms with Crippen molar-refractivity contribution in [2.75, 3.05) is 6.61 Å². The van der Waals surface area contributed by atoms with E-state index in [1.807, 2.05) is 0 Å². The van der Waals surface area contributed by atoms with Crippen LogP contribution in [0.5, 0.6) is 0 Å². The van der Waals surface area contributed by atoms with E-state index in [1.165, 1.54) is 37.7 Å². The summed E-state index contributed by atoms with van der Waals surface area (Å²) in [5, 5.41) is 0. The molecule has 0 saturated carbocycles. The molecular weight excluding hydrogens is 200 g/mol. The average Bonchev–Trinajstić information content (AvgIpc) is 2.27. The Labute approximate surface area is 99.1 Å². The summed E-state index contributed by atoms with van der Waals surface area (Å²) in [6.07, 6.45) is 12.1. The predicted octanol–water partition coefficient (Wildman–Crippen LogP) is 4.00. The summed E-state index contributed by atoms with van der Waals surface area (Å²) in [5.41, 5.74) is 1.48. The van der Waals surface area contributed by atoms with Crippen molar-refractivity contribution in [1.29, 1.82) is 0 Å². The van der Waals surface area contributed by atoms with Crippen molar-refractivity contribution in [3.05, 3.63) is 11.6 Å². The quantitative estimate of drug-likeness (QED) is 0.459. The SMILES string of the molecule is C/C1=C/CCCC(=O)OCCCCCCC1. The van der Waals surface area contributed by atoms with E-state index in [0.717, 1.165) is 19.3 Å². The smallest absolute Gasteiger partial charge is 0.305 e. The zero-order chi connectivity index (χ0) is 11.6. The van der Waals surface area contributed by atoms with Gasteiger partial charge in [-0.2, -0.15) is 0 Å². The van der Waals surface area contributed by atoms with Crippen molar-refractivity contribution in [3.8, 4) is 0 Å². The molecule has 2 heteroatoms. The summed E-state index contributed by atoms with van der Waals surface area (Å²) in [7, 11) is 0. The molecule has 92 valence electrons. The van der Waals surface area contributed by atoms with E-state index in [0.29, 0.717) is 13.0 Å². The Kier molecular flexibility index (Phi) is 6.95. The van der Waals surface area contributed by atoms with Crippen molar-refractivity contribution < 1.29 is 9.53 Å². The van der Waals surface area contributed by atoms with E-state index in [4.69, 9.17) is 4.74 Å². The lowest BCUT2D eigenvalue weighted by molar-refractivity contribution is -0.143. The second-order valence-corrected chi connectivity index (χ2v) is 4.68. The molecule has 0 aromatic rings. The van der Waals surface area contributed by atoms with Gasteiger partial charge in [-0.25, -0.2) is 0 Å². The molecule has 0 aromatic carbocycles. The van der Waals surface area contributed by atoms with Gasteiger partial charge >= 0.3 is 5.97 Å². The lowest BCUT2D eigenvalue weighted by Gasteiger charge is -2.06. The molecular formula is C14H24O2.